The summed E-state index contributed by atoms with van der Waals surface area (Å²) in [6.45, 7) is 4.37. The maximum atomic E-state index is 12.1. The summed E-state index contributed by atoms with van der Waals surface area (Å²) in [5.74, 6) is -1.59. The third kappa shape index (κ3) is 3.58. The fraction of sp³-hybridized carbons (Fsp3) is 0.769. The molecule has 112 valence electrons. The molecule has 20 heavy (non-hydrogen) atoms. The molecule has 1 heterocycles. The Balaban J connectivity index is 1.98. The minimum atomic E-state index is -4.86. The first-order valence-corrected chi connectivity index (χ1v) is 6.60. The number of halogens is 3. The molecule has 1 aliphatic rings. The molecule has 0 aliphatic heterocycles. The smallest absolute Gasteiger partial charge is 0.339 e. The summed E-state index contributed by atoms with van der Waals surface area (Å²) in [6, 6.07) is 0. The van der Waals surface area contributed by atoms with Crippen molar-refractivity contribution in [1.82, 2.24) is 10.1 Å². The number of hydrogen-bond donors (Lipinski definition) is 0. The van der Waals surface area contributed by atoms with Crippen molar-refractivity contribution in [3.05, 3.63) is 11.7 Å². The van der Waals surface area contributed by atoms with Gasteiger partial charge in [0.05, 0.1) is 6.42 Å². The van der Waals surface area contributed by atoms with Gasteiger partial charge in [-0.2, -0.15) is 18.2 Å². The van der Waals surface area contributed by atoms with Gasteiger partial charge in [0.25, 0.3) is 0 Å². The quantitative estimate of drug-likeness (QED) is 0.855. The molecule has 2 rings (SSSR count). The summed E-state index contributed by atoms with van der Waals surface area (Å²) in [6.07, 6.45) is -1.93. The van der Waals surface area contributed by atoms with Gasteiger partial charge in [0.2, 0.25) is 11.7 Å². The zero-order valence-corrected chi connectivity index (χ0v) is 11.5. The van der Waals surface area contributed by atoms with Crippen molar-refractivity contribution in [2.75, 3.05) is 0 Å². The highest BCUT2D eigenvalue weighted by Crippen LogP contribution is 2.41. The molecule has 0 radical (unpaired) electrons. The number of rotatable bonds is 3. The summed E-state index contributed by atoms with van der Waals surface area (Å²) in [4.78, 5) is 14.8. The summed E-state index contributed by atoms with van der Waals surface area (Å²) in [5, 5.41) is 3.72. The Morgan fingerprint density at radius 2 is 1.95 bits per heavy atom. The highest BCUT2D eigenvalue weighted by Gasteiger charge is 2.39. The number of nitrogens with zero attached hydrogens (tertiary/aromatic N) is 2. The lowest BCUT2D eigenvalue weighted by Gasteiger charge is -2.32. The number of carbonyl (C=O) groups is 1. The van der Waals surface area contributed by atoms with Gasteiger partial charge in [0.1, 0.15) is 0 Å². The van der Waals surface area contributed by atoms with Gasteiger partial charge in [-0.3, -0.25) is 4.79 Å². The first-order valence-electron chi connectivity index (χ1n) is 6.60. The average Bonchev–Trinajstić information content (AvgIpc) is 2.76. The second kappa shape index (κ2) is 5.18. The fourth-order valence-corrected chi connectivity index (χ4v) is 2.40. The lowest BCUT2D eigenvalue weighted by Crippen LogP contribution is -2.24. The zero-order chi connectivity index (χ0) is 15.0. The van der Waals surface area contributed by atoms with E-state index in [-0.39, 0.29) is 17.2 Å². The number of hydrogen-bond acceptors (Lipinski definition) is 4. The van der Waals surface area contributed by atoms with Gasteiger partial charge in [-0.15, -0.1) is 0 Å². The Hall–Kier alpha value is -1.40. The first-order chi connectivity index (χ1) is 9.17. The van der Waals surface area contributed by atoms with Crippen LogP contribution in [-0.2, 0) is 11.2 Å². The van der Waals surface area contributed by atoms with Gasteiger partial charge in [-0.25, -0.2) is 0 Å². The monoisotopic (exact) mass is 290 g/mol. The van der Waals surface area contributed by atoms with Gasteiger partial charge in [0, 0.05) is 5.92 Å². The highest BCUT2D eigenvalue weighted by molar-refractivity contribution is 5.85. The van der Waals surface area contributed by atoms with Crippen LogP contribution in [0.15, 0.2) is 4.52 Å². The number of Topliss-reactive ketones (excluding diaryl/α,β-unsaturated/α-hetero) is 1. The van der Waals surface area contributed by atoms with E-state index in [0.717, 1.165) is 25.7 Å². The van der Waals surface area contributed by atoms with Crippen molar-refractivity contribution in [2.24, 2.45) is 5.41 Å². The van der Waals surface area contributed by atoms with Crippen LogP contribution in [0, 0.1) is 5.41 Å². The van der Waals surface area contributed by atoms with Crippen LogP contribution in [0.1, 0.15) is 57.2 Å². The lowest BCUT2D eigenvalue weighted by molar-refractivity contribution is -0.170. The molecular weight excluding hydrogens is 273 g/mol. The van der Waals surface area contributed by atoms with Crippen molar-refractivity contribution in [1.29, 1.82) is 0 Å². The molecule has 0 aromatic carbocycles. The minimum absolute atomic E-state index is 0.113. The Morgan fingerprint density at radius 3 is 2.50 bits per heavy atom. The molecule has 1 aromatic heterocycles. The molecule has 0 saturated heterocycles. The van der Waals surface area contributed by atoms with E-state index in [1.807, 2.05) is 0 Å². The number of aromatic nitrogens is 2. The summed E-state index contributed by atoms with van der Waals surface area (Å²) < 4.78 is 41.2. The lowest BCUT2D eigenvalue weighted by atomic mass is 9.73. The molecule has 0 amide bonds. The summed E-state index contributed by atoms with van der Waals surface area (Å²) in [7, 11) is 0. The summed E-state index contributed by atoms with van der Waals surface area (Å²) in [5.41, 5.74) is 0.287. The average molecular weight is 290 g/mol. The van der Waals surface area contributed by atoms with Crippen LogP contribution in [0.2, 0.25) is 0 Å². The molecular formula is C13H17F3N2O2. The van der Waals surface area contributed by atoms with Crippen molar-refractivity contribution in [3.8, 4) is 0 Å². The molecule has 7 heteroatoms. The molecule has 0 atom stereocenters. The van der Waals surface area contributed by atoms with Crippen LogP contribution in [0.4, 0.5) is 13.2 Å². The van der Waals surface area contributed by atoms with Crippen molar-refractivity contribution >= 4 is 5.78 Å². The topological polar surface area (TPSA) is 56.0 Å². The minimum Gasteiger partial charge on any atom is -0.339 e. The Labute approximate surface area is 114 Å². The van der Waals surface area contributed by atoms with E-state index < -0.39 is 18.4 Å². The standard InChI is InChI=1S/C13H17F3N2O2/c1-12(2)5-3-8(4-6-12)11-17-10(20-18-11)7-9(19)13(14,15)16/h8H,3-7H2,1-2H3. The molecule has 0 N–H and O–H groups in total. The Morgan fingerprint density at radius 1 is 1.35 bits per heavy atom. The van der Waals surface area contributed by atoms with E-state index in [0.29, 0.717) is 5.82 Å². The Kier molecular flexibility index (Phi) is 3.88. The van der Waals surface area contributed by atoms with Gasteiger partial charge in [-0.05, 0) is 31.1 Å². The van der Waals surface area contributed by atoms with Crippen LogP contribution < -0.4 is 0 Å². The second-order valence-corrected chi connectivity index (χ2v) is 6.08. The van der Waals surface area contributed by atoms with Gasteiger partial charge in [0.15, 0.2) is 5.82 Å². The largest absolute Gasteiger partial charge is 0.450 e. The van der Waals surface area contributed by atoms with Gasteiger partial charge < -0.3 is 4.52 Å². The van der Waals surface area contributed by atoms with Crippen LogP contribution >= 0.6 is 0 Å². The predicted octanol–water partition coefficient (Wildman–Crippen LogP) is 3.43. The Bertz CT molecular complexity index is 484. The van der Waals surface area contributed by atoms with Gasteiger partial charge >= 0.3 is 6.18 Å². The SMILES string of the molecule is CC1(C)CCC(c2noc(CC(=O)C(F)(F)F)n2)CC1. The molecule has 0 unspecified atom stereocenters. The normalized spacial score (nSPS) is 20.1. The van der Waals surface area contributed by atoms with Crippen molar-refractivity contribution in [2.45, 2.75) is 58.0 Å². The third-order valence-corrected chi connectivity index (χ3v) is 3.82. The first kappa shape index (κ1) is 15.0. The van der Waals surface area contributed by atoms with E-state index in [1.54, 1.807) is 0 Å². The van der Waals surface area contributed by atoms with E-state index in [4.69, 9.17) is 4.52 Å². The van der Waals surface area contributed by atoms with Crippen LogP contribution in [0.25, 0.3) is 0 Å². The molecule has 4 nitrogen and oxygen atoms in total. The molecule has 0 bridgehead atoms. The van der Waals surface area contributed by atoms with E-state index >= 15 is 0 Å². The maximum absolute atomic E-state index is 12.1. The van der Waals surface area contributed by atoms with E-state index in [9.17, 15) is 18.0 Å². The molecule has 1 aliphatic carbocycles. The zero-order valence-electron chi connectivity index (χ0n) is 11.5. The maximum Gasteiger partial charge on any atom is 0.450 e. The van der Waals surface area contributed by atoms with Crippen LogP contribution in [0.3, 0.4) is 0 Å². The molecule has 0 spiro atoms. The second-order valence-electron chi connectivity index (χ2n) is 6.08. The number of alkyl halides is 3. The predicted molar refractivity (Wildman–Crippen MR) is 64.1 cm³/mol. The fourth-order valence-electron chi connectivity index (χ4n) is 2.40. The van der Waals surface area contributed by atoms with Crippen molar-refractivity contribution in [3.63, 3.8) is 0 Å². The van der Waals surface area contributed by atoms with Gasteiger partial charge in [-0.1, -0.05) is 19.0 Å². The van der Waals surface area contributed by atoms with E-state index in [1.165, 1.54) is 0 Å². The van der Waals surface area contributed by atoms with Crippen molar-refractivity contribution < 1.29 is 22.5 Å². The highest BCUT2D eigenvalue weighted by atomic mass is 19.4. The van der Waals surface area contributed by atoms with E-state index in [2.05, 4.69) is 24.0 Å². The van der Waals surface area contributed by atoms with Crippen LogP contribution in [-0.4, -0.2) is 22.1 Å². The third-order valence-electron chi connectivity index (χ3n) is 3.82. The molecule has 1 fully saturated rings. The van der Waals surface area contributed by atoms with Crippen LogP contribution in [0.5, 0.6) is 0 Å². The number of carbonyl (C=O) groups excluding carboxylic acids is 1. The number of ketones is 1. The molecule has 1 aromatic rings. The molecule has 1 saturated carbocycles. The summed E-state index contributed by atoms with van der Waals surface area (Å²) >= 11 is 0.